The van der Waals surface area contributed by atoms with E-state index in [1.54, 1.807) is 0 Å². The van der Waals surface area contributed by atoms with Crippen LogP contribution >= 0.6 is 8.25 Å². The molecule has 0 saturated heterocycles. The normalized spacial score (nSPS) is 13.0. The molecular weight excluding hydrogens is 171 g/mol. The molecule has 0 aromatic heterocycles. The van der Waals surface area contributed by atoms with Gasteiger partial charge in [0.25, 0.3) is 0 Å². The van der Waals surface area contributed by atoms with E-state index in [1.165, 1.54) is 6.92 Å². The minimum Gasteiger partial charge on any atom is -0.395 e. The first-order valence-corrected chi connectivity index (χ1v) is 4.07. The first-order chi connectivity index (χ1) is 5.04. The Balaban J connectivity index is 0. The molecule has 2 unspecified atom stereocenters. The Morgan fingerprint density at radius 1 is 1.73 bits per heavy atom. The Kier molecular flexibility index (Phi) is 12.1. The van der Waals surface area contributed by atoms with Crippen molar-refractivity contribution in [3.8, 4) is 0 Å². The van der Waals surface area contributed by atoms with Crippen LogP contribution in [0.15, 0.2) is 0 Å². The quantitative estimate of drug-likeness (QED) is 0.327. The van der Waals surface area contributed by atoms with Gasteiger partial charge in [-0.15, -0.1) is 9.42 Å². The van der Waals surface area contributed by atoms with Gasteiger partial charge in [-0.2, -0.15) is 0 Å². The van der Waals surface area contributed by atoms with Crippen LogP contribution in [0.3, 0.4) is 0 Å². The third-order valence-electron chi connectivity index (χ3n) is 0.386. The highest BCUT2D eigenvalue weighted by Crippen LogP contribution is 2.14. The van der Waals surface area contributed by atoms with Gasteiger partial charge in [-0.05, 0) is 6.92 Å². The van der Waals surface area contributed by atoms with Crippen molar-refractivity contribution in [2.45, 2.75) is 13.2 Å². The molecule has 7 heteroatoms. The van der Waals surface area contributed by atoms with Gasteiger partial charge in [0.05, 0.1) is 6.61 Å². The van der Waals surface area contributed by atoms with Crippen LogP contribution < -0.4 is 11.5 Å². The maximum atomic E-state index is 9.66. The van der Waals surface area contributed by atoms with E-state index in [1.807, 2.05) is 0 Å². The summed E-state index contributed by atoms with van der Waals surface area (Å²) in [6.45, 7) is 1.95. The van der Waals surface area contributed by atoms with Crippen LogP contribution in [0.2, 0.25) is 0 Å². The van der Waals surface area contributed by atoms with Crippen LogP contribution in [0.25, 0.3) is 0 Å². The van der Waals surface area contributed by atoms with Crippen molar-refractivity contribution >= 4 is 8.25 Å². The maximum Gasteiger partial charge on any atom is 0.696 e. The molecule has 0 aromatic carbocycles. The minimum atomic E-state index is -2.51. The number of rotatable bonds is 3. The second-order valence-corrected chi connectivity index (χ2v) is 2.25. The second kappa shape index (κ2) is 9.90. The molecule has 6 nitrogen and oxygen atoms in total. The molecule has 68 valence electrons. The number of aliphatic hydroxyl groups is 1. The summed E-state index contributed by atoms with van der Waals surface area (Å²) in [4.78, 5) is 7.93. The van der Waals surface area contributed by atoms with Crippen molar-refractivity contribution in [2.75, 3.05) is 13.2 Å². The smallest absolute Gasteiger partial charge is 0.395 e. The summed E-state index contributed by atoms with van der Waals surface area (Å²) >= 11 is 0. The van der Waals surface area contributed by atoms with Crippen LogP contribution in [0, 0.1) is 0 Å². The van der Waals surface area contributed by atoms with Gasteiger partial charge in [0.1, 0.15) is 0 Å². The summed E-state index contributed by atoms with van der Waals surface area (Å²) in [5.74, 6) is 0. The molecule has 0 amide bonds. The van der Waals surface area contributed by atoms with Gasteiger partial charge in [0.2, 0.25) is 0 Å². The third-order valence-corrected chi connectivity index (χ3v) is 0.898. The monoisotopic (exact) mass is 185 g/mol. The first kappa shape index (κ1) is 13.5. The van der Waals surface area contributed by atoms with E-state index in [-0.39, 0.29) is 6.61 Å². The van der Waals surface area contributed by atoms with Gasteiger partial charge in [-0.25, -0.2) is 0 Å². The molecule has 0 aliphatic heterocycles. The summed E-state index contributed by atoms with van der Waals surface area (Å²) in [6, 6.07) is 0. The zero-order valence-corrected chi connectivity index (χ0v) is 7.20. The van der Waals surface area contributed by atoms with E-state index in [0.29, 0.717) is 6.54 Å². The number of aliphatic hydroxyl groups excluding tert-OH is 1. The van der Waals surface area contributed by atoms with E-state index in [2.05, 4.69) is 4.52 Å². The van der Waals surface area contributed by atoms with Crippen molar-refractivity contribution in [1.82, 2.24) is 0 Å². The van der Waals surface area contributed by atoms with Crippen molar-refractivity contribution < 1.29 is 19.1 Å². The molecule has 0 heterocycles. The lowest BCUT2D eigenvalue weighted by Gasteiger charge is -1.86. The second-order valence-electron chi connectivity index (χ2n) is 1.56. The van der Waals surface area contributed by atoms with E-state index in [0.717, 1.165) is 0 Å². The van der Waals surface area contributed by atoms with Gasteiger partial charge in [0.15, 0.2) is 6.23 Å². The molecule has 0 aliphatic rings. The zero-order valence-electron chi connectivity index (χ0n) is 6.30. The average Bonchev–Trinajstić information content (AvgIpc) is 1.85. The highest BCUT2D eigenvalue weighted by Gasteiger charge is 2.13. The topological polar surface area (TPSA) is 119 Å². The predicted octanol–water partition coefficient (Wildman–Crippen LogP) is -1.11. The van der Waals surface area contributed by atoms with Crippen molar-refractivity contribution in [3.63, 3.8) is 0 Å². The zero-order chi connectivity index (χ0) is 9.28. The fourth-order valence-electron chi connectivity index (χ4n) is 0.142. The van der Waals surface area contributed by atoms with Gasteiger partial charge >= 0.3 is 8.25 Å². The summed E-state index contributed by atoms with van der Waals surface area (Å²) in [5, 5.41) is 7.75. The lowest BCUT2D eigenvalue weighted by molar-refractivity contribution is 0.212. The molecule has 0 aromatic rings. The molecule has 0 fully saturated rings. The lowest BCUT2D eigenvalue weighted by atomic mass is 10.7. The lowest BCUT2D eigenvalue weighted by Crippen LogP contribution is -2.14. The standard InChI is InChI=1S/C2H6NO3P.C2H7NO/c1-2(3)6-7(4)5;3-1-2-4/h2H,3H2,1H3;4H,1-3H2/p+1. The molecule has 0 aliphatic carbocycles. The fourth-order valence-corrected chi connectivity index (χ4v) is 0.427. The van der Waals surface area contributed by atoms with E-state index < -0.39 is 14.5 Å². The molecule has 0 radical (unpaired) electrons. The molecule has 0 spiro atoms. The maximum absolute atomic E-state index is 9.66. The number of nitrogens with two attached hydrogens (primary N) is 2. The van der Waals surface area contributed by atoms with Crippen LogP contribution in [-0.4, -0.2) is 29.4 Å². The molecule has 0 bridgehead atoms. The number of hydrogen-bond donors (Lipinski definition) is 4. The summed E-state index contributed by atoms with van der Waals surface area (Å²) in [5.41, 5.74) is 9.71. The molecule has 0 rings (SSSR count). The Hall–Kier alpha value is -0.100. The van der Waals surface area contributed by atoms with Crippen molar-refractivity contribution in [1.29, 1.82) is 0 Å². The highest BCUT2D eigenvalue weighted by atomic mass is 31.1. The van der Waals surface area contributed by atoms with Gasteiger partial charge in [-0.1, -0.05) is 0 Å². The highest BCUT2D eigenvalue weighted by molar-refractivity contribution is 7.32. The van der Waals surface area contributed by atoms with E-state index in [9.17, 15) is 4.57 Å². The molecule has 11 heavy (non-hydrogen) atoms. The van der Waals surface area contributed by atoms with Gasteiger partial charge in [0, 0.05) is 11.1 Å². The van der Waals surface area contributed by atoms with E-state index in [4.69, 9.17) is 21.5 Å². The number of hydrogen-bond acceptors (Lipinski definition) is 5. The molecule has 2 atom stereocenters. The fraction of sp³-hybridized carbons (Fsp3) is 1.00. The van der Waals surface area contributed by atoms with Gasteiger partial charge < -0.3 is 16.6 Å². The van der Waals surface area contributed by atoms with Gasteiger partial charge in [-0.3, -0.25) is 0 Å². The Bertz CT molecular complexity index is 98.1. The van der Waals surface area contributed by atoms with Crippen molar-refractivity contribution in [3.05, 3.63) is 0 Å². The van der Waals surface area contributed by atoms with E-state index >= 15 is 0 Å². The summed E-state index contributed by atoms with van der Waals surface area (Å²) in [6.07, 6.45) is -0.659. The van der Waals surface area contributed by atoms with Crippen LogP contribution in [0.4, 0.5) is 0 Å². The van der Waals surface area contributed by atoms with Crippen LogP contribution in [0.5, 0.6) is 0 Å². The SMILES string of the molecule is CC(N)O[P+](=O)O.NCCO. The minimum absolute atomic E-state index is 0.0972. The third kappa shape index (κ3) is 25.7. The Morgan fingerprint density at radius 3 is 2.09 bits per heavy atom. The largest absolute Gasteiger partial charge is 0.696 e. The molecule has 0 saturated carbocycles. The summed E-state index contributed by atoms with van der Waals surface area (Å²) < 4.78 is 13.7. The molecular formula is C4H14N2O4P+. The van der Waals surface area contributed by atoms with Crippen LogP contribution in [0.1, 0.15) is 6.92 Å². The predicted molar refractivity (Wildman–Crippen MR) is 40.7 cm³/mol. The Morgan fingerprint density at radius 2 is 2.09 bits per heavy atom. The average molecular weight is 185 g/mol. The first-order valence-electron chi connectivity index (χ1n) is 2.94. The van der Waals surface area contributed by atoms with Crippen molar-refractivity contribution in [2.24, 2.45) is 11.5 Å². The molecule has 6 N–H and O–H groups in total. The Labute approximate surface area is 66.1 Å². The van der Waals surface area contributed by atoms with Crippen LogP contribution in [-0.2, 0) is 9.09 Å². The summed E-state index contributed by atoms with van der Waals surface area (Å²) in [7, 11) is -2.51.